The molecule has 0 saturated carbocycles. The number of benzene rings is 1. The van der Waals surface area contributed by atoms with Crippen LogP contribution in [0.4, 0.5) is 4.39 Å². The van der Waals surface area contributed by atoms with E-state index in [2.05, 4.69) is 54.6 Å². The molecule has 2 aromatic rings. The van der Waals surface area contributed by atoms with Crippen LogP contribution >= 0.6 is 30.1 Å². The molecule has 1 aromatic heterocycles. The van der Waals surface area contributed by atoms with Gasteiger partial charge in [-0.2, -0.15) is 0 Å². The van der Waals surface area contributed by atoms with Crippen LogP contribution in [0, 0.1) is 0 Å². The van der Waals surface area contributed by atoms with Crippen LogP contribution in [0.1, 0.15) is 61.6 Å². The number of H-pyrrole nitrogens is 1. The first-order chi connectivity index (χ1) is 20.2. The van der Waals surface area contributed by atoms with Crippen molar-refractivity contribution in [2.75, 3.05) is 27.2 Å². The van der Waals surface area contributed by atoms with Crippen LogP contribution < -0.4 is 11.2 Å². The number of aromatic amines is 1. The smallest absolute Gasteiger partial charge is 0.330 e. The van der Waals surface area contributed by atoms with E-state index >= 15 is 4.39 Å². The molecular weight excluding hydrogens is 598 g/mol. The number of hydrogen-bond acceptors (Lipinski definition) is 9. The Labute approximate surface area is 259 Å². The van der Waals surface area contributed by atoms with E-state index in [1.54, 1.807) is 10.8 Å². The lowest BCUT2D eigenvalue weighted by Crippen LogP contribution is -2.38. The van der Waals surface area contributed by atoms with Crippen LogP contribution in [-0.2, 0) is 20.2 Å². The zero-order valence-electron chi connectivity index (χ0n) is 26.8. The first kappa shape index (κ1) is 33.6. The average molecular weight is 646 g/mol. The van der Waals surface area contributed by atoms with Gasteiger partial charge in [-0.1, -0.05) is 39.8 Å². The van der Waals surface area contributed by atoms with Crippen LogP contribution in [0.5, 0.6) is 0 Å². The van der Waals surface area contributed by atoms with Gasteiger partial charge in [0.25, 0.3) is 14.1 Å². The largest absolute Gasteiger partial charge is 0.349 e. The van der Waals surface area contributed by atoms with Crippen LogP contribution in [0.25, 0.3) is 0 Å². The fourth-order valence-electron chi connectivity index (χ4n) is 4.87. The monoisotopic (exact) mass is 645 g/mol. The molecule has 5 atom stereocenters. The van der Waals surface area contributed by atoms with Crippen molar-refractivity contribution in [3.8, 4) is 0 Å². The zero-order chi connectivity index (χ0) is 31.9. The van der Waals surface area contributed by atoms with Crippen molar-refractivity contribution in [1.29, 1.82) is 0 Å². The highest BCUT2D eigenvalue weighted by molar-refractivity contribution is 8.77. The second kappa shape index (κ2) is 15.7. The Morgan fingerprint density at radius 3 is 2.50 bits per heavy atom. The molecule has 1 N–H and O–H groups in total. The average Bonchev–Trinajstić information content (AvgIpc) is 3.21. The lowest BCUT2D eigenvalue weighted by Gasteiger charge is -2.37. The van der Waals surface area contributed by atoms with Crippen molar-refractivity contribution in [2.24, 2.45) is 0 Å². The molecule has 0 spiro atoms. The van der Waals surface area contributed by atoms with Crippen LogP contribution in [0.3, 0.4) is 0 Å². The van der Waals surface area contributed by atoms with Crippen molar-refractivity contribution in [2.45, 2.75) is 101 Å². The number of halogens is 1. The topological polar surface area (TPSA) is 89.0 Å². The predicted octanol–water partition coefficient (Wildman–Crippen LogP) is 5.86. The number of nitrogens with zero attached hydrogens (tertiary/aromatic N) is 3. The number of ether oxygens (including phenoxy) is 1. The molecule has 2 heterocycles. The van der Waals surface area contributed by atoms with E-state index in [0.29, 0.717) is 13.0 Å². The van der Waals surface area contributed by atoms with Crippen molar-refractivity contribution in [1.82, 2.24) is 19.1 Å². The van der Waals surface area contributed by atoms with Gasteiger partial charge in [0.05, 0.1) is 12.7 Å². The fourth-order valence-corrected chi connectivity index (χ4v) is 9.27. The summed E-state index contributed by atoms with van der Waals surface area (Å²) < 4.78 is 45.6. The number of aromatic nitrogens is 2. The molecule has 2 unspecified atom stereocenters. The quantitative estimate of drug-likeness (QED) is 0.189. The Hall–Kier alpha value is -1.24. The van der Waals surface area contributed by atoms with Crippen LogP contribution in [0.2, 0.25) is 0 Å². The Morgan fingerprint density at radius 1 is 1.19 bits per heavy atom. The molecule has 0 amide bonds. The molecule has 0 bridgehead atoms. The molecule has 236 valence electrons. The highest BCUT2D eigenvalue weighted by Crippen LogP contribution is 2.50. The Kier molecular flexibility index (Phi) is 12.5. The van der Waals surface area contributed by atoms with E-state index in [4.69, 9.17) is 15.2 Å². The number of nitrogens with one attached hydrogen (secondary N) is 1. The minimum absolute atomic E-state index is 0.0386. The van der Waals surface area contributed by atoms with E-state index in [9.17, 15) is 9.59 Å². The van der Waals surface area contributed by atoms with Gasteiger partial charge in [0.15, 0.2) is 12.4 Å². The number of hydrogen-bond donors (Lipinski definition) is 1. The van der Waals surface area contributed by atoms with Crippen molar-refractivity contribution >= 4 is 30.1 Å². The fraction of sp³-hybridized carbons (Fsp3) is 0.655. The maximum Gasteiger partial charge on any atom is 0.330 e. The summed E-state index contributed by atoms with van der Waals surface area (Å²) >= 11 is 0. The van der Waals surface area contributed by atoms with Gasteiger partial charge in [-0.15, -0.1) is 0 Å². The van der Waals surface area contributed by atoms with E-state index in [1.165, 1.54) is 11.1 Å². The Bertz CT molecular complexity index is 1280. The van der Waals surface area contributed by atoms with E-state index in [-0.39, 0.29) is 23.7 Å². The minimum Gasteiger partial charge on any atom is -0.349 e. The van der Waals surface area contributed by atoms with Crippen LogP contribution in [0.15, 0.2) is 51.0 Å². The molecule has 1 aromatic carbocycles. The highest BCUT2D eigenvalue weighted by Gasteiger charge is 2.47. The van der Waals surface area contributed by atoms with Crippen molar-refractivity contribution in [3.63, 3.8) is 0 Å². The minimum atomic E-state index is -1.76. The van der Waals surface area contributed by atoms with Gasteiger partial charge in [-0.05, 0) is 80.6 Å². The molecule has 0 radical (unpaired) electrons. The van der Waals surface area contributed by atoms with Gasteiger partial charge in [0.2, 0.25) is 0 Å². The summed E-state index contributed by atoms with van der Waals surface area (Å²) in [6.45, 7) is 13.6. The van der Waals surface area contributed by atoms with E-state index in [1.807, 2.05) is 50.6 Å². The summed E-state index contributed by atoms with van der Waals surface area (Å²) in [6.07, 6.45) is -3.30. The van der Waals surface area contributed by atoms with Gasteiger partial charge in [0, 0.05) is 41.9 Å². The van der Waals surface area contributed by atoms with Crippen molar-refractivity contribution in [3.05, 3.63) is 62.9 Å². The van der Waals surface area contributed by atoms with Gasteiger partial charge in [-0.3, -0.25) is 14.3 Å². The maximum absolute atomic E-state index is 15.9. The van der Waals surface area contributed by atoms with E-state index in [0.717, 1.165) is 22.7 Å². The normalized spacial score (nSPS) is 22.5. The van der Waals surface area contributed by atoms with Crippen molar-refractivity contribution < 1.29 is 19.5 Å². The lowest BCUT2D eigenvalue weighted by atomic mass is 10.2. The second-order valence-corrected chi connectivity index (χ2v) is 16.0. The first-order valence-corrected chi connectivity index (χ1v) is 17.4. The third kappa shape index (κ3) is 9.63. The Balaban J connectivity index is 1.77. The van der Waals surface area contributed by atoms with Gasteiger partial charge >= 0.3 is 5.69 Å². The molecule has 3 rings (SSSR count). The first-order valence-electron chi connectivity index (χ1n) is 14.8. The summed E-state index contributed by atoms with van der Waals surface area (Å²) in [7, 11) is 6.01. The standard InChI is InChI=1S/C29H46FN4O5PS2/c1-19(2)34(20(3)4)40(39-26-21(5)38-27(25(26)30)33-16-14-24(35)31-28(33)36)37-17-15-22-12-10-11-13-23(22)41-42-29(6,7)18-32(8)9/h10-14,16,19-21,25-27H,15,17-18H2,1-9H3,(H,31,35,36)/t21-,25+,26?,27-,40?/m1/s1/i5D. The highest BCUT2D eigenvalue weighted by atomic mass is 33.1. The molecule has 1 aliphatic heterocycles. The lowest BCUT2D eigenvalue weighted by molar-refractivity contribution is -0.0180. The van der Waals surface area contributed by atoms with Gasteiger partial charge in [0.1, 0.15) is 6.10 Å². The third-order valence-corrected chi connectivity index (χ3v) is 12.0. The van der Waals surface area contributed by atoms with Crippen LogP contribution in [-0.4, -0.2) is 81.6 Å². The van der Waals surface area contributed by atoms with E-state index < -0.39 is 44.4 Å². The predicted molar refractivity (Wildman–Crippen MR) is 172 cm³/mol. The molecule has 1 aliphatic rings. The molecule has 42 heavy (non-hydrogen) atoms. The number of rotatable bonds is 15. The molecule has 0 aliphatic carbocycles. The Morgan fingerprint density at radius 2 is 1.88 bits per heavy atom. The second-order valence-electron chi connectivity index (χ2n) is 11.8. The summed E-state index contributed by atoms with van der Waals surface area (Å²) in [5.41, 5.74) is -0.212. The maximum atomic E-state index is 15.9. The van der Waals surface area contributed by atoms with Gasteiger partial charge in [-0.25, -0.2) is 13.9 Å². The summed E-state index contributed by atoms with van der Waals surface area (Å²) in [5, 5.41) is 0. The zero-order valence-corrected chi connectivity index (χ0v) is 28.3. The van der Waals surface area contributed by atoms with Gasteiger partial charge < -0.3 is 18.7 Å². The summed E-state index contributed by atoms with van der Waals surface area (Å²) in [6, 6.07) is 9.48. The molecular formula is C29H46FN4O5PS2. The molecule has 1 fully saturated rings. The summed E-state index contributed by atoms with van der Waals surface area (Å²) in [5.74, 6) is 0. The third-order valence-electron chi connectivity index (χ3n) is 6.45. The number of alkyl halides is 1. The molecule has 1 saturated heterocycles. The summed E-state index contributed by atoms with van der Waals surface area (Å²) in [4.78, 5) is 29.4. The SMILES string of the molecule is [2H]C[C@H]1O[C@@H](n2ccc(=O)[nH]c2=O)[C@@H](F)C1OP(OCCc1ccccc1SSC(C)(C)CN(C)C)N(C(C)C)C(C)C. The molecule has 13 heteroatoms. The molecule has 9 nitrogen and oxygen atoms in total.